The van der Waals surface area contributed by atoms with Crippen LogP contribution in [0.1, 0.15) is 0 Å². The van der Waals surface area contributed by atoms with E-state index in [0.717, 1.165) is 0 Å². The fourth-order valence-electron chi connectivity index (χ4n) is 0.802. The summed E-state index contributed by atoms with van der Waals surface area (Å²) in [5.41, 5.74) is 0.616. The van der Waals surface area contributed by atoms with E-state index in [4.69, 9.17) is 11.6 Å². The number of aromatic amines is 2. The van der Waals surface area contributed by atoms with Gasteiger partial charge < -0.3 is 4.98 Å². The first-order valence-corrected chi connectivity index (χ1v) is 3.24. The highest BCUT2D eigenvalue weighted by Crippen LogP contribution is 2.07. The fraction of sp³-hybridized carbons (Fsp3) is 0. The van der Waals surface area contributed by atoms with Crippen LogP contribution in [-0.2, 0) is 0 Å². The molecule has 0 saturated heterocycles. The van der Waals surface area contributed by atoms with Gasteiger partial charge in [0.2, 0.25) is 5.28 Å². The molecule has 0 spiro atoms. The highest BCUT2D eigenvalue weighted by atomic mass is 35.5. The molecule has 56 valence electrons. The molecular formula is C5H3ClN4O. The number of aromatic nitrogens is 4. The van der Waals surface area contributed by atoms with Gasteiger partial charge in [0, 0.05) is 0 Å². The Morgan fingerprint density at radius 1 is 1.45 bits per heavy atom. The largest absolute Gasteiger partial charge is 0.346 e. The molecule has 0 fully saturated rings. The Morgan fingerprint density at radius 2 is 2.27 bits per heavy atom. The van der Waals surface area contributed by atoms with Gasteiger partial charge in [0.25, 0.3) is 0 Å². The second kappa shape index (κ2) is 2.06. The van der Waals surface area contributed by atoms with Crippen molar-refractivity contribution >= 4 is 22.8 Å². The molecule has 0 saturated carbocycles. The molecule has 11 heavy (non-hydrogen) atoms. The minimum atomic E-state index is -0.430. The van der Waals surface area contributed by atoms with E-state index in [0.29, 0.717) is 11.2 Å². The molecule has 2 rings (SSSR count). The molecule has 0 bridgehead atoms. The Morgan fingerprint density at radius 3 is 3.09 bits per heavy atom. The smallest absolute Gasteiger partial charge is 0.326 e. The van der Waals surface area contributed by atoms with Gasteiger partial charge in [-0.1, -0.05) is 0 Å². The van der Waals surface area contributed by atoms with Crippen molar-refractivity contribution in [3.05, 3.63) is 22.0 Å². The lowest BCUT2D eigenvalue weighted by molar-refractivity contribution is 1.10. The number of nitrogens with zero attached hydrogens (tertiary/aromatic N) is 2. The molecule has 0 radical (unpaired) electrons. The summed E-state index contributed by atoms with van der Waals surface area (Å²) in [6.07, 6.45) is 1.38. The third-order valence-electron chi connectivity index (χ3n) is 1.24. The molecule has 0 atom stereocenters. The van der Waals surface area contributed by atoms with Gasteiger partial charge >= 0.3 is 5.69 Å². The van der Waals surface area contributed by atoms with Crippen LogP contribution in [0.3, 0.4) is 0 Å². The minimum absolute atomic E-state index is 0.239. The summed E-state index contributed by atoms with van der Waals surface area (Å²) in [6.45, 7) is 0. The number of hydrogen-bond acceptors (Lipinski definition) is 3. The van der Waals surface area contributed by atoms with Crippen LogP contribution in [0.15, 0.2) is 11.0 Å². The van der Waals surface area contributed by atoms with Crippen LogP contribution < -0.4 is 5.69 Å². The van der Waals surface area contributed by atoms with Crippen LogP contribution in [-0.4, -0.2) is 19.9 Å². The summed E-state index contributed by atoms with van der Waals surface area (Å²) < 4.78 is 0. The SMILES string of the molecule is O=c1ncc2[nH]c(Cl)nc2[nH]1. The van der Waals surface area contributed by atoms with Crippen LogP contribution in [0.25, 0.3) is 11.2 Å². The first-order valence-electron chi connectivity index (χ1n) is 2.86. The molecule has 0 aliphatic carbocycles. The predicted molar refractivity (Wildman–Crippen MR) is 39.5 cm³/mol. The standard InChI is InChI=1S/C5H3ClN4O/c6-4-8-2-1-7-5(11)10-3(2)9-4/h1H,(H2,7,8,9,10,11). The van der Waals surface area contributed by atoms with E-state index in [2.05, 4.69) is 19.9 Å². The number of hydrogen-bond donors (Lipinski definition) is 2. The summed E-state index contributed by atoms with van der Waals surface area (Å²) >= 11 is 5.52. The molecule has 2 heterocycles. The van der Waals surface area contributed by atoms with Gasteiger partial charge in [-0.05, 0) is 11.6 Å². The van der Waals surface area contributed by atoms with E-state index < -0.39 is 5.69 Å². The molecule has 0 aliphatic rings. The number of imidazole rings is 1. The van der Waals surface area contributed by atoms with Gasteiger partial charge in [-0.15, -0.1) is 0 Å². The lowest BCUT2D eigenvalue weighted by Gasteiger charge is -1.81. The van der Waals surface area contributed by atoms with E-state index in [1.165, 1.54) is 6.20 Å². The molecule has 0 amide bonds. The van der Waals surface area contributed by atoms with Crippen LogP contribution in [0.5, 0.6) is 0 Å². The third kappa shape index (κ3) is 0.988. The van der Waals surface area contributed by atoms with Gasteiger partial charge in [0.15, 0.2) is 5.65 Å². The molecule has 0 aliphatic heterocycles. The number of fused-ring (bicyclic) bond motifs is 1. The molecular weight excluding hydrogens is 168 g/mol. The molecule has 5 nitrogen and oxygen atoms in total. The lowest BCUT2D eigenvalue weighted by atomic mass is 10.6. The Labute approximate surface area is 65.4 Å². The van der Waals surface area contributed by atoms with E-state index in [1.54, 1.807) is 0 Å². The van der Waals surface area contributed by atoms with Gasteiger partial charge in [-0.3, -0.25) is 4.98 Å². The van der Waals surface area contributed by atoms with E-state index in [9.17, 15) is 4.79 Å². The fourth-order valence-corrected chi connectivity index (χ4v) is 0.988. The second-order valence-electron chi connectivity index (χ2n) is 1.98. The van der Waals surface area contributed by atoms with Gasteiger partial charge in [0.05, 0.1) is 6.20 Å². The maximum Gasteiger partial charge on any atom is 0.346 e. The van der Waals surface area contributed by atoms with Crippen molar-refractivity contribution in [2.24, 2.45) is 0 Å². The van der Waals surface area contributed by atoms with Crippen molar-refractivity contribution in [1.82, 2.24) is 19.9 Å². The topological polar surface area (TPSA) is 74.4 Å². The zero-order valence-corrected chi connectivity index (χ0v) is 6.01. The monoisotopic (exact) mass is 170 g/mol. The Hall–Kier alpha value is -1.36. The molecule has 0 aromatic carbocycles. The number of rotatable bonds is 0. The third-order valence-corrected chi connectivity index (χ3v) is 1.42. The van der Waals surface area contributed by atoms with Crippen molar-refractivity contribution in [2.75, 3.05) is 0 Å². The highest BCUT2D eigenvalue weighted by molar-refractivity contribution is 6.28. The Bertz CT molecular complexity index is 445. The predicted octanol–water partition coefficient (Wildman–Crippen LogP) is 0.300. The normalized spacial score (nSPS) is 10.6. The first-order chi connectivity index (χ1) is 5.25. The van der Waals surface area contributed by atoms with E-state index >= 15 is 0 Å². The maximum absolute atomic E-state index is 10.6. The summed E-state index contributed by atoms with van der Waals surface area (Å²) in [4.78, 5) is 23.0. The lowest BCUT2D eigenvalue weighted by Crippen LogP contribution is -2.08. The average Bonchev–Trinajstić information content (AvgIpc) is 2.27. The minimum Gasteiger partial charge on any atom is -0.326 e. The summed E-state index contributed by atoms with van der Waals surface area (Å²) in [7, 11) is 0. The van der Waals surface area contributed by atoms with Gasteiger partial charge in [-0.25, -0.2) is 4.79 Å². The van der Waals surface area contributed by atoms with Crippen LogP contribution >= 0.6 is 11.6 Å². The zero-order valence-electron chi connectivity index (χ0n) is 5.26. The number of halogens is 1. The van der Waals surface area contributed by atoms with Crippen molar-refractivity contribution in [1.29, 1.82) is 0 Å². The zero-order chi connectivity index (χ0) is 7.84. The van der Waals surface area contributed by atoms with Crippen molar-refractivity contribution in [3.63, 3.8) is 0 Å². The molecule has 2 N–H and O–H groups in total. The molecule has 6 heteroatoms. The van der Waals surface area contributed by atoms with Gasteiger partial charge in [-0.2, -0.15) is 9.97 Å². The molecule has 2 aromatic rings. The highest BCUT2D eigenvalue weighted by Gasteiger charge is 1.99. The number of nitrogens with one attached hydrogen (secondary N) is 2. The van der Waals surface area contributed by atoms with E-state index in [1.807, 2.05) is 0 Å². The first kappa shape index (κ1) is 6.36. The van der Waals surface area contributed by atoms with Crippen molar-refractivity contribution in [3.8, 4) is 0 Å². The summed E-state index contributed by atoms with van der Waals surface area (Å²) in [5.74, 6) is 0. The van der Waals surface area contributed by atoms with Crippen LogP contribution in [0.2, 0.25) is 5.28 Å². The Balaban J connectivity index is 2.92. The molecule has 0 unspecified atom stereocenters. The van der Waals surface area contributed by atoms with Crippen LogP contribution in [0.4, 0.5) is 0 Å². The van der Waals surface area contributed by atoms with Crippen molar-refractivity contribution < 1.29 is 0 Å². The average molecular weight is 171 g/mol. The maximum atomic E-state index is 10.6. The number of H-pyrrole nitrogens is 2. The quantitative estimate of drug-likeness (QED) is 0.559. The summed E-state index contributed by atoms with van der Waals surface area (Å²) in [6, 6.07) is 0. The Kier molecular flexibility index (Phi) is 1.19. The van der Waals surface area contributed by atoms with E-state index in [-0.39, 0.29) is 5.28 Å². The van der Waals surface area contributed by atoms with Gasteiger partial charge in [0.1, 0.15) is 5.52 Å². The molecule has 2 aromatic heterocycles. The second-order valence-corrected chi connectivity index (χ2v) is 2.34. The van der Waals surface area contributed by atoms with Crippen LogP contribution in [0, 0.1) is 0 Å². The van der Waals surface area contributed by atoms with Crippen molar-refractivity contribution in [2.45, 2.75) is 0 Å². The summed E-state index contributed by atoms with van der Waals surface area (Å²) in [5, 5.41) is 0.239.